The monoisotopic (exact) mass is 962 g/mol. The van der Waals surface area contributed by atoms with Gasteiger partial charge in [-0.25, -0.2) is 19.6 Å². The number of ether oxygens (including phenoxy) is 2. The predicted molar refractivity (Wildman–Crippen MR) is 278 cm³/mol. The van der Waals surface area contributed by atoms with Gasteiger partial charge in [0.25, 0.3) is 11.8 Å². The van der Waals surface area contributed by atoms with Gasteiger partial charge in [-0.3, -0.25) is 9.59 Å². The van der Waals surface area contributed by atoms with Crippen LogP contribution in [0.1, 0.15) is 55.1 Å². The lowest BCUT2D eigenvalue weighted by molar-refractivity contribution is 0.102. The molecule has 0 bridgehead atoms. The van der Waals surface area contributed by atoms with Crippen molar-refractivity contribution in [1.82, 2.24) is 20.6 Å². The Morgan fingerprint density at radius 3 is 1.26 bits per heavy atom. The van der Waals surface area contributed by atoms with Crippen LogP contribution < -0.4 is 43.7 Å². The molecular weight excluding hydrogens is 918 g/mol. The zero-order valence-corrected chi connectivity index (χ0v) is 39.2. The van der Waals surface area contributed by atoms with Gasteiger partial charge in [0.2, 0.25) is 0 Å². The second-order valence-electron chi connectivity index (χ2n) is 16.4. The molecule has 0 saturated carbocycles. The van der Waals surface area contributed by atoms with Gasteiger partial charge in [-0.15, -0.1) is 23.5 Å². The Kier molecular flexibility index (Phi) is 14.4. The van der Waals surface area contributed by atoms with Crippen LogP contribution >= 0.6 is 23.5 Å². The van der Waals surface area contributed by atoms with E-state index in [0.717, 1.165) is 50.8 Å². The van der Waals surface area contributed by atoms with Gasteiger partial charge < -0.3 is 42.2 Å². The number of amides is 4. The summed E-state index contributed by atoms with van der Waals surface area (Å²) in [6.07, 6.45) is -0.0139. The number of rotatable bonds is 16. The number of benzene rings is 6. The summed E-state index contributed by atoms with van der Waals surface area (Å²) in [5.41, 5.74) is 23.4. The first-order chi connectivity index (χ1) is 34.0. The summed E-state index contributed by atoms with van der Waals surface area (Å²) in [7, 11) is 12.3. The summed E-state index contributed by atoms with van der Waals surface area (Å²) in [4.78, 5) is 62.2. The maximum Gasteiger partial charge on any atom is 0.407 e. The minimum absolute atomic E-state index is 0.0694. The number of nitrogens with one attached hydrogen (secondary N) is 4. The summed E-state index contributed by atoms with van der Waals surface area (Å²) in [6.45, 7) is 0.840. The van der Waals surface area contributed by atoms with Gasteiger partial charge in [-0.2, -0.15) is 0 Å². The lowest BCUT2D eigenvalue weighted by atomic mass is 9.95. The highest BCUT2D eigenvalue weighted by molar-refractivity contribution is 7.99. The van der Waals surface area contributed by atoms with Gasteiger partial charge in [0, 0.05) is 53.9 Å². The standard InChI is InChI=1S/C52H44B2N8O6S2/c53-29-21-41(55)47(69-19-17-57-51(65)67-26-39-35-13-5-1-9-31(35)32-10-2-6-14-36(32)39)43(23-29)61-49(63)45-25-46(60-28-59-45)50(64)62-44-24-30(54)22-42(56)48(44)70-20-18-58-52(66)68-27-40-37-15-7-3-11-33(37)34-12-4-8-16-38(34)40/h1-16,21-25,28,39-40H,17-20,26-27,55-56H2,(H,57,65)(H,58,66)(H,61,63)(H,62,64). The number of carbonyl (C=O) groups excluding carboxylic acids is 4. The van der Waals surface area contributed by atoms with Crippen molar-refractivity contribution in [2.75, 3.05) is 59.9 Å². The highest BCUT2D eigenvalue weighted by Gasteiger charge is 2.30. The average molecular weight is 963 g/mol. The molecule has 8 N–H and O–H groups in total. The molecule has 9 rings (SSSR count). The van der Waals surface area contributed by atoms with Crippen molar-refractivity contribution in [2.45, 2.75) is 21.6 Å². The zero-order valence-electron chi connectivity index (χ0n) is 37.6. The van der Waals surface area contributed by atoms with E-state index in [2.05, 4.69) is 79.8 Å². The number of fused-ring (bicyclic) bond motifs is 6. The van der Waals surface area contributed by atoms with Crippen LogP contribution in [-0.4, -0.2) is 87.5 Å². The Morgan fingerprint density at radius 1 is 0.529 bits per heavy atom. The molecule has 346 valence electrons. The number of nitrogen functional groups attached to an aromatic ring is 2. The molecule has 6 aromatic carbocycles. The summed E-state index contributed by atoms with van der Waals surface area (Å²) < 4.78 is 11.3. The molecule has 2 aliphatic rings. The summed E-state index contributed by atoms with van der Waals surface area (Å²) in [5, 5.41) is 11.2. The topological polar surface area (TPSA) is 213 Å². The van der Waals surface area contributed by atoms with Crippen molar-refractivity contribution in [1.29, 1.82) is 0 Å². The fraction of sp³-hybridized carbons (Fsp3) is 0.154. The normalized spacial score (nSPS) is 12.2. The van der Waals surface area contributed by atoms with Crippen LogP contribution in [0.5, 0.6) is 0 Å². The Hall–Kier alpha value is -7.69. The molecule has 70 heavy (non-hydrogen) atoms. The van der Waals surface area contributed by atoms with Gasteiger partial charge >= 0.3 is 12.2 Å². The van der Waals surface area contributed by atoms with Crippen molar-refractivity contribution < 1.29 is 28.7 Å². The van der Waals surface area contributed by atoms with Crippen molar-refractivity contribution >= 4 is 96.9 Å². The molecule has 0 unspecified atom stereocenters. The minimum atomic E-state index is -0.659. The number of hydrogen-bond donors (Lipinski definition) is 6. The quantitative estimate of drug-likeness (QED) is 0.0250. The van der Waals surface area contributed by atoms with E-state index in [1.807, 2.05) is 48.5 Å². The van der Waals surface area contributed by atoms with Gasteiger partial charge in [-0.1, -0.05) is 108 Å². The number of anilines is 4. The number of aromatic nitrogens is 2. The Bertz CT molecular complexity index is 2870. The molecule has 14 nitrogen and oxygen atoms in total. The number of nitrogens with two attached hydrogens (primary N) is 2. The molecule has 0 atom stereocenters. The van der Waals surface area contributed by atoms with E-state index >= 15 is 0 Å². The van der Waals surface area contributed by atoms with Crippen LogP contribution in [0.3, 0.4) is 0 Å². The maximum atomic E-state index is 13.6. The van der Waals surface area contributed by atoms with Crippen molar-refractivity contribution in [3.63, 3.8) is 0 Å². The van der Waals surface area contributed by atoms with E-state index in [4.69, 9.17) is 36.6 Å². The lowest BCUT2D eigenvalue weighted by Crippen LogP contribution is -2.28. The zero-order chi connectivity index (χ0) is 48.7. The molecule has 0 aliphatic heterocycles. The van der Waals surface area contributed by atoms with Crippen molar-refractivity contribution in [3.8, 4) is 22.3 Å². The van der Waals surface area contributed by atoms with Crippen LogP contribution in [0.2, 0.25) is 0 Å². The van der Waals surface area contributed by atoms with E-state index in [1.54, 1.807) is 24.3 Å². The first-order valence-corrected chi connectivity index (χ1v) is 24.3. The first kappa shape index (κ1) is 47.4. The van der Waals surface area contributed by atoms with Gasteiger partial charge in [0.1, 0.15) is 46.6 Å². The van der Waals surface area contributed by atoms with Gasteiger partial charge in [0.15, 0.2) is 0 Å². The lowest BCUT2D eigenvalue weighted by Gasteiger charge is -2.16. The third-order valence-electron chi connectivity index (χ3n) is 11.8. The Balaban J connectivity index is 0.765. The summed E-state index contributed by atoms with van der Waals surface area (Å²) in [5.74, 6) is -0.701. The number of alkyl carbamates (subject to hydrolysis) is 2. The molecule has 1 aromatic heterocycles. The SMILES string of the molecule is [B]c1cc(N)c(SCCNC(=O)OCC2c3ccccc3-c3ccccc32)c(NC(=O)c2cc(C(=O)Nc3cc([B])cc(N)c3SCCNC(=O)OCC3c4ccccc4-c4ccccc43)ncn2)c1. The highest BCUT2D eigenvalue weighted by atomic mass is 32.2. The molecule has 0 spiro atoms. The van der Waals surface area contributed by atoms with Crippen LogP contribution in [0.25, 0.3) is 22.3 Å². The number of carbonyl (C=O) groups is 4. The third kappa shape index (κ3) is 10.5. The third-order valence-corrected chi connectivity index (χ3v) is 14.1. The second kappa shape index (κ2) is 21.3. The molecule has 0 fully saturated rings. The van der Waals surface area contributed by atoms with E-state index in [1.165, 1.54) is 29.6 Å². The number of hydrogen-bond acceptors (Lipinski definition) is 12. The Labute approximate surface area is 415 Å². The predicted octanol–water partition coefficient (Wildman–Crippen LogP) is 6.99. The first-order valence-electron chi connectivity index (χ1n) is 22.3. The van der Waals surface area contributed by atoms with Crippen molar-refractivity contribution in [2.24, 2.45) is 0 Å². The largest absolute Gasteiger partial charge is 0.449 e. The maximum absolute atomic E-state index is 13.6. The van der Waals surface area contributed by atoms with Crippen LogP contribution in [-0.2, 0) is 9.47 Å². The molecule has 1 heterocycles. The van der Waals surface area contributed by atoms with E-state index in [9.17, 15) is 19.2 Å². The smallest absolute Gasteiger partial charge is 0.407 e. The molecule has 4 amide bonds. The molecule has 18 heteroatoms. The summed E-state index contributed by atoms with van der Waals surface area (Å²) >= 11 is 2.60. The molecule has 2 aliphatic carbocycles. The molecule has 4 radical (unpaired) electrons. The van der Waals surface area contributed by atoms with Crippen LogP contribution in [0, 0.1) is 0 Å². The number of nitrogens with zero attached hydrogens (tertiary/aromatic N) is 2. The highest BCUT2D eigenvalue weighted by Crippen LogP contribution is 2.46. The minimum Gasteiger partial charge on any atom is -0.449 e. The van der Waals surface area contributed by atoms with E-state index in [0.29, 0.717) is 55.0 Å². The molecule has 7 aromatic rings. The van der Waals surface area contributed by atoms with Crippen LogP contribution in [0.4, 0.5) is 32.3 Å². The second-order valence-corrected chi connectivity index (χ2v) is 18.6. The van der Waals surface area contributed by atoms with Gasteiger partial charge in [-0.05, 0) is 68.8 Å². The molecule has 0 saturated heterocycles. The average Bonchev–Trinajstić information content (AvgIpc) is 3.86. The molecular formula is C52H44B2N8O6S2. The fourth-order valence-corrected chi connectivity index (χ4v) is 10.5. The number of thioether (sulfide) groups is 2. The fourth-order valence-electron chi connectivity index (χ4n) is 8.75. The van der Waals surface area contributed by atoms with E-state index in [-0.39, 0.29) is 49.5 Å². The van der Waals surface area contributed by atoms with Crippen LogP contribution in [0.15, 0.2) is 144 Å². The van der Waals surface area contributed by atoms with E-state index < -0.39 is 24.0 Å². The van der Waals surface area contributed by atoms with Gasteiger partial charge in [0.05, 0.1) is 21.2 Å². The van der Waals surface area contributed by atoms with Crippen molar-refractivity contribution in [3.05, 3.63) is 167 Å². The Morgan fingerprint density at radius 2 is 0.886 bits per heavy atom. The summed E-state index contributed by atoms with van der Waals surface area (Å²) in [6, 6.07) is 40.0.